The summed E-state index contributed by atoms with van der Waals surface area (Å²) in [5, 5.41) is 13.4. The van der Waals surface area contributed by atoms with Crippen molar-refractivity contribution < 1.29 is 9.47 Å². The monoisotopic (exact) mass is 408 g/mol. The van der Waals surface area contributed by atoms with Crippen LogP contribution in [0.25, 0.3) is 11.4 Å². The van der Waals surface area contributed by atoms with Crippen LogP contribution in [-0.2, 0) is 11.3 Å². The van der Waals surface area contributed by atoms with E-state index in [1.54, 1.807) is 7.11 Å². The molecular weight excluding hydrogens is 380 g/mol. The lowest BCUT2D eigenvalue weighted by Crippen LogP contribution is -2.30. The fraction of sp³-hybridized carbons (Fsp3) is 0.318. The van der Waals surface area contributed by atoms with Crippen LogP contribution in [0.2, 0.25) is 0 Å². The van der Waals surface area contributed by atoms with Crippen molar-refractivity contribution in [2.75, 3.05) is 32.2 Å². The number of H-pyrrole nitrogens is 1. The van der Waals surface area contributed by atoms with Crippen LogP contribution in [0, 0.1) is 0 Å². The van der Waals surface area contributed by atoms with Crippen LogP contribution in [0.4, 0.5) is 5.69 Å². The third-order valence-corrected chi connectivity index (χ3v) is 4.24. The lowest BCUT2D eigenvalue weighted by molar-refractivity contribution is 0.172. The van der Waals surface area contributed by atoms with Gasteiger partial charge in [-0.25, -0.2) is 9.98 Å². The summed E-state index contributed by atoms with van der Waals surface area (Å²) in [4.78, 5) is 8.91. The molecule has 0 radical (unpaired) electrons. The van der Waals surface area contributed by atoms with Crippen LogP contribution in [0.3, 0.4) is 0 Å². The molecule has 30 heavy (non-hydrogen) atoms. The third-order valence-electron chi connectivity index (χ3n) is 4.24. The van der Waals surface area contributed by atoms with Crippen molar-refractivity contribution in [1.29, 1.82) is 0 Å². The molecule has 3 rings (SSSR count). The number of hydrogen-bond donors (Lipinski definition) is 3. The van der Waals surface area contributed by atoms with E-state index >= 15 is 0 Å². The number of rotatable bonds is 10. The van der Waals surface area contributed by atoms with Crippen molar-refractivity contribution >= 4 is 11.6 Å². The number of aromatic amines is 1. The number of ether oxygens (including phenoxy) is 2. The summed E-state index contributed by atoms with van der Waals surface area (Å²) in [6.45, 7) is 4.64. The number of methoxy groups -OCH3 is 1. The zero-order valence-corrected chi connectivity index (χ0v) is 17.4. The lowest BCUT2D eigenvalue weighted by atomic mass is 10.1. The standard InChI is InChI=1S/C22H28N6O2/c1-3-23-22(27-19-9-5-10-20(14-19)30-12-6-11-29-2)24-15-17-7-4-8-18(13-17)21-25-16-26-28-21/h4-5,7-10,13-14,16H,3,6,11-12,15H2,1-2H3,(H2,23,24,27)(H,25,26,28). The van der Waals surface area contributed by atoms with Crippen LogP contribution in [0.15, 0.2) is 59.9 Å². The molecule has 0 atom stereocenters. The molecule has 0 bridgehead atoms. The number of hydrogen-bond acceptors (Lipinski definition) is 5. The van der Waals surface area contributed by atoms with Crippen molar-refractivity contribution in [2.24, 2.45) is 4.99 Å². The molecule has 0 unspecified atom stereocenters. The van der Waals surface area contributed by atoms with Gasteiger partial charge in [0.1, 0.15) is 12.1 Å². The Hall–Kier alpha value is -3.39. The minimum Gasteiger partial charge on any atom is -0.493 e. The Labute approximate surface area is 176 Å². The molecule has 3 N–H and O–H groups in total. The fourth-order valence-electron chi connectivity index (χ4n) is 2.83. The predicted octanol–water partition coefficient (Wildman–Crippen LogP) is 3.46. The summed E-state index contributed by atoms with van der Waals surface area (Å²) in [5.41, 5.74) is 2.97. The van der Waals surface area contributed by atoms with E-state index in [9.17, 15) is 0 Å². The maximum absolute atomic E-state index is 5.77. The highest BCUT2D eigenvalue weighted by Crippen LogP contribution is 2.18. The van der Waals surface area contributed by atoms with Crippen molar-refractivity contribution in [3.8, 4) is 17.1 Å². The van der Waals surface area contributed by atoms with Crippen LogP contribution < -0.4 is 15.4 Å². The molecule has 0 aliphatic carbocycles. The van der Waals surface area contributed by atoms with E-state index in [0.717, 1.165) is 41.4 Å². The molecule has 158 valence electrons. The largest absolute Gasteiger partial charge is 0.493 e. The Kier molecular flexibility index (Phi) is 8.23. The number of benzene rings is 2. The minimum absolute atomic E-state index is 0.532. The van der Waals surface area contributed by atoms with Gasteiger partial charge in [-0.05, 0) is 30.7 Å². The quantitative estimate of drug-likeness (QED) is 0.270. The molecule has 2 aromatic carbocycles. The van der Waals surface area contributed by atoms with Gasteiger partial charge in [0.15, 0.2) is 11.8 Å². The zero-order chi connectivity index (χ0) is 21.0. The van der Waals surface area contributed by atoms with E-state index in [2.05, 4.69) is 31.9 Å². The molecule has 0 saturated heterocycles. The Bertz CT molecular complexity index is 927. The molecule has 1 aromatic heterocycles. The average molecular weight is 409 g/mol. The Morgan fingerprint density at radius 3 is 2.83 bits per heavy atom. The van der Waals surface area contributed by atoms with Crippen molar-refractivity contribution in [2.45, 2.75) is 19.9 Å². The predicted molar refractivity (Wildman–Crippen MR) is 119 cm³/mol. The first-order chi connectivity index (χ1) is 14.8. The summed E-state index contributed by atoms with van der Waals surface area (Å²) < 4.78 is 10.8. The SMILES string of the molecule is CCNC(=NCc1cccc(-c2ncn[nH]2)c1)Nc1cccc(OCCCOC)c1. The molecule has 0 aliphatic heterocycles. The number of nitrogens with one attached hydrogen (secondary N) is 3. The minimum atomic E-state index is 0.532. The second-order valence-electron chi connectivity index (χ2n) is 6.58. The van der Waals surface area contributed by atoms with E-state index in [-0.39, 0.29) is 0 Å². The van der Waals surface area contributed by atoms with E-state index in [0.29, 0.717) is 25.7 Å². The molecule has 0 fully saturated rings. The third kappa shape index (κ3) is 6.59. The average Bonchev–Trinajstić information content (AvgIpc) is 3.31. The highest BCUT2D eigenvalue weighted by molar-refractivity contribution is 5.93. The first kappa shape index (κ1) is 21.3. The van der Waals surface area contributed by atoms with Crippen LogP contribution in [0.5, 0.6) is 5.75 Å². The number of aliphatic imine (C=N–C) groups is 1. The summed E-state index contributed by atoms with van der Waals surface area (Å²) >= 11 is 0. The van der Waals surface area contributed by atoms with Gasteiger partial charge in [0.2, 0.25) is 0 Å². The second-order valence-corrected chi connectivity index (χ2v) is 6.58. The number of guanidine groups is 1. The van der Waals surface area contributed by atoms with Crippen LogP contribution in [0.1, 0.15) is 18.9 Å². The lowest BCUT2D eigenvalue weighted by Gasteiger charge is -2.13. The maximum Gasteiger partial charge on any atom is 0.196 e. The Morgan fingerprint density at radius 2 is 2.03 bits per heavy atom. The highest BCUT2D eigenvalue weighted by Gasteiger charge is 2.04. The van der Waals surface area contributed by atoms with E-state index in [1.807, 2.05) is 49.4 Å². The molecular formula is C22H28N6O2. The topological polar surface area (TPSA) is 96.5 Å². The van der Waals surface area contributed by atoms with Crippen LogP contribution >= 0.6 is 0 Å². The molecule has 0 aliphatic rings. The van der Waals surface area contributed by atoms with Gasteiger partial charge >= 0.3 is 0 Å². The summed E-state index contributed by atoms with van der Waals surface area (Å²) in [5.74, 6) is 2.26. The van der Waals surface area contributed by atoms with E-state index in [4.69, 9.17) is 14.5 Å². The summed E-state index contributed by atoms with van der Waals surface area (Å²) in [6.07, 6.45) is 2.36. The second kappa shape index (κ2) is 11.6. The molecule has 1 heterocycles. The summed E-state index contributed by atoms with van der Waals surface area (Å²) in [6, 6.07) is 15.9. The van der Waals surface area contributed by atoms with Crippen molar-refractivity contribution in [3.05, 3.63) is 60.4 Å². The van der Waals surface area contributed by atoms with Crippen molar-refractivity contribution in [1.82, 2.24) is 20.5 Å². The molecule has 3 aromatic rings. The molecule has 8 heteroatoms. The fourth-order valence-corrected chi connectivity index (χ4v) is 2.83. The van der Waals surface area contributed by atoms with Gasteiger partial charge in [0.25, 0.3) is 0 Å². The highest BCUT2D eigenvalue weighted by atomic mass is 16.5. The Morgan fingerprint density at radius 1 is 1.13 bits per heavy atom. The number of nitrogens with zero attached hydrogens (tertiary/aromatic N) is 3. The molecule has 0 saturated carbocycles. The van der Waals surface area contributed by atoms with Crippen LogP contribution in [-0.4, -0.2) is 48.0 Å². The van der Waals surface area contributed by atoms with Gasteiger partial charge in [-0.2, -0.15) is 5.10 Å². The molecule has 0 amide bonds. The normalized spacial score (nSPS) is 11.3. The maximum atomic E-state index is 5.77. The first-order valence-electron chi connectivity index (χ1n) is 10.0. The number of aromatic nitrogens is 3. The zero-order valence-electron chi connectivity index (χ0n) is 17.4. The van der Waals surface area contributed by atoms with Gasteiger partial charge < -0.3 is 20.1 Å². The van der Waals surface area contributed by atoms with E-state index < -0.39 is 0 Å². The van der Waals surface area contributed by atoms with Gasteiger partial charge in [0, 0.05) is 44.0 Å². The van der Waals surface area contributed by atoms with Gasteiger partial charge in [-0.3, -0.25) is 5.10 Å². The number of anilines is 1. The van der Waals surface area contributed by atoms with Gasteiger partial charge in [-0.15, -0.1) is 0 Å². The Balaban J connectivity index is 1.64. The van der Waals surface area contributed by atoms with Gasteiger partial charge in [-0.1, -0.05) is 24.3 Å². The smallest absolute Gasteiger partial charge is 0.196 e. The van der Waals surface area contributed by atoms with E-state index in [1.165, 1.54) is 6.33 Å². The van der Waals surface area contributed by atoms with Crippen molar-refractivity contribution in [3.63, 3.8) is 0 Å². The molecule has 8 nitrogen and oxygen atoms in total. The van der Waals surface area contributed by atoms with Gasteiger partial charge in [0.05, 0.1) is 13.2 Å². The summed E-state index contributed by atoms with van der Waals surface area (Å²) in [7, 11) is 1.69. The first-order valence-corrected chi connectivity index (χ1v) is 10.0. The molecule has 0 spiro atoms.